The number of ketones is 2. The number of hydrogen-bond acceptors (Lipinski definition) is 3. The lowest BCUT2D eigenvalue weighted by atomic mass is 10.2. The number of aliphatic hydroxyl groups excluding tert-OH is 1. The minimum atomic E-state index is -0.674. The van der Waals surface area contributed by atoms with Crippen molar-refractivity contribution < 1.29 is 14.7 Å². The molecule has 0 aliphatic carbocycles. The van der Waals surface area contributed by atoms with Crippen molar-refractivity contribution in [2.24, 2.45) is 0 Å². The van der Waals surface area contributed by atoms with E-state index in [1.807, 2.05) is 0 Å². The van der Waals surface area contributed by atoms with Gasteiger partial charge in [-0.25, -0.2) is 0 Å². The molecule has 0 amide bonds. The summed E-state index contributed by atoms with van der Waals surface area (Å²) in [5.41, 5.74) is 0. The molecule has 1 atom stereocenters. The highest BCUT2D eigenvalue weighted by Crippen LogP contribution is 2.01. The molecule has 0 spiro atoms. The highest BCUT2D eigenvalue weighted by Gasteiger charge is 2.17. The topological polar surface area (TPSA) is 54.4 Å². The van der Waals surface area contributed by atoms with Crippen LogP contribution in [0.3, 0.4) is 0 Å². The van der Waals surface area contributed by atoms with Crippen molar-refractivity contribution in [3.8, 4) is 0 Å². The second-order valence-electron chi connectivity index (χ2n) is 1.60. The van der Waals surface area contributed by atoms with Crippen LogP contribution in [0.1, 0.15) is 6.92 Å². The molecular formula is C5H7IO3. The first kappa shape index (κ1) is 9.03. The number of alkyl halides is 1. The summed E-state index contributed by atoms with van der Waals surface area (Å²) in [5.74, 6) is -0.641. The molecule has 0 aromatic carbocycles. The van der Waals surface area contributed by atoms with Crippen molar-refractivity contribution in [2.45, 2.75) is 10.8 Å². The molecule has 9 heavy (non-hydrogen) atoms. The van der Waals surface area contributed by atoms with Crippen LogP contribution in [0.5, 0.6) is 0 Å². The van der Waals surface area contributed by atoms with E-state index >= 15 is 0 Å². The smallest absolute Gasteiger partial charge is 0.178 e. The molecule has 0 aromatic rings. The zero-order valence-electron chi connectivity index (χ0n) is 4.93. The molecule has 0 saturated heterocycles. The molecule has 0 aliphatic heterocycles. The van der Waals surface area contributed by atoms with E-state index in [4.69, 9.17) is 5.11 Å². The van der Waals surface area contributed by atoms with Crippen LogP contribution in [0.15, 0.2) is 0 Å². The van der Waals surface area contributed by atoms with Gasteiger partial charge >= 0.3 is 0 Å². The molecule has 52 valence electrons. The SMILES string of the molecule is CC(=O)C(I)C(=O)CO. The Balaban J connectivity index is 3.88. The quantitative estimate of drug-likeness (QED) is 0.428. The second-order valence-corrected chi connectivity index (χ2v) is 2.84. The maximum Gasteiger partial charge on any atom is 0.178 e. The largest absolute Gasteiger partial charge is 0.389 e. The summed E-state index contributed by atoms with van der Waals surface area (Å²) in [5, 5.41) is 8.25. The van der Waals surface area contributed by atoms with Crippen LogP contribution in [0.25, 0.3) is 0 Å². The fourth-order valence-corrected chi connectivity index (χ4v) is 0.504. The average Bonchev–Trinajstić information content (AvgIpc) is 1.84. The summed E-state index contributed by atoms with van der Waals surface area (Å²) in [6, 6.07) is 0. The Kier molecular flexibility index (Phi) is 3.96. The molecule has 3 nitrogen and oxygen atoms in total. The predicted octanol–water partition coefficient (Wildman–Crippen LogP) is -0.0596. The lowest BCUT2D eigenvalue weighted by Gasteiger charge is -1.98. The third kappa shape index (κ3) is 2.90. The van der Waals surface area contributed by atoms with Gasteiger partial charge in [-0.1, -0.05) is 22.6 Å². The van der Waals surface area contributed by atoms with E-state index in [0.29, 0.717) is 0 Å². The van der Waals surface area contributed by atoms with Crippen molar-refractivity contribution in [2.75, 3.05) is 6.61 Å². The number of halogens is 1. The Morgan fingerprint density at radius 3 is 2.22 bits per heavy atom. The fraction of sp³-hybridized carbons (Fsp3) is 0.600. The van der Waals surface area contributed by atoms with Crippen LogP contribution in [0.2, 0.25) is 0 Å². The van der Waals surface area contributed by atoms with Gasteiger partial charge < -0.3 is 5.11 Å². The lowest BCUT2D eigenvalue weighted by Crippen LogP contribution is -2.24. The molecule has 1 unspecified atom stereocenters. The Labute approximate surface area is 66.6 Å². The van der Waals surface area contributed by atoms with Crippen LogP contribution >= 0.6 is 22.6 Å². The van der Waals surface area contributed by atoms with Crippen LogP contribution in [-0.4, -0.2) is 27.2 Å². The summed E-state index contributed by atoms with van der Waals surface area (Å²) < 4.78 is -0.674. The zero-order chi connectivity index (χ0) is 7.44. The van der Waals surface area contributed by atoms with Crippen molar-refractivity contribution in [1.29, 1.82) is 0 Å². The van der Waals surface area contributed by atoms with Crippen molar-refractivity contribution in [1.82, 2.24) is 0 Å². The van der Waals surface area contributed by atoms with Gasteiger partial charge in [-0.2, -0.15) is 0 Å². The first-order chi connectivity index (χ1) is 4.09. The molecule has 0 rings (SSSR count). The molecule has 0 aromatic heterocycles. The van der Waals surface area contributed by atoms with Gasteiger partial charge in [0, 0.05) is 0 Å². The number of aliphatic hydroxyl groups is 1. The maximum absolute atomic E-state index is 10.5. The molecule has 0 radical (unpaired) electrons. The van der Waals surface area contributed by atoms with Crippen LogP contribution in [-0.2, 0) is 9.59 Å². The van der Waals surface area contributed by atoms with Gasteiger partial charge in [0.1, 0.15) is 16.3 Å². The first-order valence-electron chi connectivity index (χ1n) is 2.37. The number of carbonyl (C=O) groups is 2. The molecule has 0 bridgehead atoms. The van der Waals surface area contributed by atoms with Crippen molar-refractivity contribution in [3.63, 3.8) is 0 Å². The van der Waals surface area contributed by atoms with Gasteiger partial charge in [0.2, 0.25) is 0 Å². The van der Waals surface area contributed by atoms with Gasteiger partial charge in [0.15, 0.2) is 5.78 Å². The Morgan fingerprint density at radius 1 is 1.67 bits per heavy atom. The third-order valence-electron chi connectivity index (χ3n) is 0.795. The van der Waals surface area contributed by atoms with Gasteiger partial charge in [-0.3, -0.25) is 9.59 Å². The van der Waals surface area contributed by atoms with E-state index in [9.17, 15) is 9.59 Å². The van der Waals surface area contributed by atoms with Crippen molar-refractivity contribution in [3.05, 3.63) is 0 Å². The summed E-state index contributed by atoms with van der Waals surface area (Å²) >= 11 is 1.70. The molecule has 0 heterocycles. The molecule has 0 fully saturated rings. The van der Waals surface area contributed by atoms with E-state index in [-0.39, 0.29) is 5.78 Å². The summed E-state index contributed by atoms with van der Waals surface area (Å²) in [6.45, 7) is 0.776. The number of carbonyl (C=O) groups excluding carboxylic acids is 2. The minimum absolute atomic E-state index is 0.213. The molecule has 4 heteroatoms. The van der Waals surface area contributed by atoms with E-state index in [1.165, 1.54) is 6.92 Å². The van der Waals surface area contributed by atoms with Gasteiger partial charge in [0.05, 0.1) is 0 Å². The van der Waals surface area contributed by atoms with Crippen LogP contribution in [0, 0.1) is 0 Å². The maximum atomic E-state index is 10.5. The second kappa shape index (κ2) is 3.94. The Bertz CT molecular complexity index is 132. The zero-order valence-corrected chi connectivity index (χ0v) is 7.08. The van der Waals surface area contributed by atoms with Crippen molar-refractivity contribution >= 4 is 34.2 Å². The molecular weight excluding hydrogens is 235 g/mol. The summed E-state index contributed by atoms with van der Waals surface area (Å²) in [7, 11) is 0. The summed E-state index contributed by atoms with van der Waals surface area (Å²) in [4.78, 5) is 20.9. The standard InChI is InChI=1S/C5H7IO3/c1-3(8)5(6)4(9)2-7/h5,7H,2H2,1H3. The molecule has 0 saturated carbocycles. The fourth-order valence-electron chi connectivity index (χ4n) is 0.307. The van der Waals surface area contributed by atoms with E-state index < -0.39 is 16.3 Å². The minimum Gasteiger partial charge on any atom is -0.389 e. The van der Waals surface area contributed by atoms with E-state index in [2.05, 4.69) is 0 Å². The van der Waals surface area contributed by atoms with Gasteiger partial charge in [-0.15, -0.1) is 0 Å². The van der Waals surface area contributed by atoms with Gasteiger partial charge in [0.25, 0.3) is 0 Å². The molecule has 0 aliphatic rings. The number of Topliss-reactive ketones (excluding diaryl/α,β-unsaturated/α-hetero) is 2. The average molecular weight is 242 g/mol. The van der Waals surface area contributed by atoms with Crippen LogP contribution < -0.4 is 0 Å². The number of hydrogen-bond donors (Lipinski definition) is 1. The third-order valence-corrected chi connectivity index (χ3v) is 2.37. The van der Waals surface area contributed by atoms with Gasteiger partial charge in [-0.05, 0) is 6.92 Å². The molecule has 1 N–H and O–H groups in total. The predicted molar refractivity (Wildman–Crippen MR) is 40.6 cm³/mol. The highest BCUT2D eigenvalue weighted by molar-refractivity contribution is 14.1. The van der Waals surface area contributed by atoms with E-state index in [1.54, 1.807) is 22.6 Å². The lowest BCUT2D eigenvalue weighted by molar-refractivity contribution is -0.126. The Morgan fingerprint density at radius 2 is 2.11 bits per heavy atom. The normalized spacial score (nSPS) is 12.8. The monoisotopic (exact) mass is 242 g/mol. The first-order valence-corrected chi connectivity index (χ1v) is 3.62. The Hall–Kier alpha value is 0.0300. The number of rotatable bonds is 3. The highest BCUT2D eigenvalue weighted by atomic mass is 127. The van der Waals surface area contributed by atoms with E-state index in [0.717, 1.165) is 0 Å². The summed E-state index contributed by atoms with van der Waals surface area (Å²) in [6.07, 6.45) is 0. The van der Waals surface area contributed by atoms with Crippen LogP contribution in [0.4, 0.5) is 0 Å².